The minimum Gasteiger partial charge on any atom is -0.383 e. The third-order valence-electron chi connectivity index (χ3n) is 2.41. The van der Waals surface area contributed by atoms with Gasteiger partial charge in [-0.2, -0.15) is 13.2 Å². The highest BCUT2D eigenvalue weighted by Gasteiger charge is 2.34. The summed E-state index contributed by atoms with van der Waals surface area (Å²) < 4.78 is 42.6. The van der Waals surface area contributed by atoms with E-state index in [9.17, 15) is 13.2 Å². The van der Waals surface area contributed by atoms with E-state index in [0.29, 0.717) is 6.61 Å². The average molecular weight is 284 g/mol. The first-order valence-electron chi connectivity index (χ1n) is 5.09. The standard InChI is InChI=1S/C10H13ClF3N3O/c1-6(5-18-3)17(2)8-4-7(10(12,13)14)15-9(11)16-8/h4,6H,5H2,1-3H3. The van der Waals surface area contributed by atoms with Crippen molar-refractivity contribution in [2.45, 2.75) is 19.1 Å². The van der Waals surface area contributed by atoms with Crippen LogP contribution in [0, 0.1) is 0 Å². The predicted molar refractivity (Wildman–Crippen MR) is 61.8 cm³/mol. The maximum Gasteiger partial charge on any atom is 0.433 e. The van der Waals surface area contributed by atoms with Crippen LogP contribution in [0.15, 0.2) is 6.07 Å². The number of hydrogen-bond donors (Lipinski definition) is 0. The number of anilines is 1. The molecule has 0 aliphatic rings. The number of halogens is 4. The second kappa shape index (κ2) is 5.71. The van der Waals surface area contributed by atoms with Crippen LogP contribution in [0.1, 0.15) is 12.6 Å². The van der Waals surface area contributed by atoms with Crippen LogP contribution in [0.25, 0.3) is 0 Å². The lowest BCUT2D eigenvalue weighted by atomic mass is 10.3. The molecule has 0 aliphatic carbocycles. The van der Waals surface area contributed by atoms with Crippen molar-refractivity contribution in [3.8, 4) is 0 Å². The summed E-state index contributed by atoms with van der Waals surface area (Å²) >= 11 is 5.50. The Bertz CT molecular complexity index is 414. The zero-order chi connectivity index (χ0) is 13.9. The lowest BCUT2D eigenvalue weighted by molar-refractivity contribution is -0.141. The number of hydrogen-bond acceptors (Lipinski definition) is 4. The third-order valence-corrected chi connectivity index (χ3v) is 2.58. The zero-order valence-corrected chi connectivity index (χ0v) is 10.9. The molecule has 0 fully saturated rings. The summed E-state index contributed by atoms with van der Waals surface area (Å²) in [5, 5.41) is -0.434. The molecule has 18 heavy (non-hydrogen) atoms. The summed E-state index contributed by atoms with van der Waals surface area (Å²) in [7, 11) is 3.13. The predicted octanol–water partition coefficient (Wildman–Crippen LogP) is 2.62. The summed E-state index contributed by atoms with van der Waals surface area (Å²) in [6.07, 6.45) is -4.55. The van der Waals surface area contributed by atoms with Crippen molar-refractivity contribution < 1.29 is 17.9 Å². The van der Waals surface area contributed by atoms with Crippen molar-refractivity contribution in [3.05, 3.63) is 17.0 Å². The normalized spacial score (nSPS) is 13.5. The van der Waals surface area contributed by atoms with Crippen LogP contribution in [0.3, 0.4) is 0 Å². The van der Waals surface area contributed by atoms with Crippen LogP contribution < -0.4 is 4.90 Å². The molecule has 1 rings (SSSR count). The second-order valence-electron chi connectivity index (χ2n) is 3.79. The van der Waals surface area contributed by atoms with Crippen LogP contribution in [-0.4, -0.2) is 36.8 Å². The number of likely N-dealkylation sites (N-methyl/N-ethyl adjacent to an activating group) is 1. The molecule has 0 spiro atoms. The van der Waals surface area contributed by atoms with Gasteiger partial charge in [-0.3, -0.25) is 0 Å². The lowest BCUT2D eigenvalue weighted by Gasteiger charge is -2.25. The molecule has 1 aromatic rings. The Hall–Kier alpha value is -1.08. The van der Waals surface area contributed by atoms with Crippen LogP contribution in [0.5, 0.6) is 0 Å². The van der Waals surface area contributed by atoms with E-state index in [1.807, 2.05) is 0 Å². The molecule has 102 valence electrons. The monoisotopic (exact) mass is 283 g/mol. The third kappa shape index (κ3) is 3.71. The molecule has 0 saturated carbocycles. The fraction of sp³-hybridized carbons (Fsp3) is 0.600. The van der Waals surface area contributed by atoms with Crippen molar-refractivity contribution in [3.63, 3.8) is 0 Å². The smallest absolute Gasteiger partial charge is 0.383 e. The molecule has 4 nitrogen and oxygen atoms in total. The highest BCUT2D eigenvalue weighted by Crippen LogP contribution is 2.30. The number of ether oxygens (including phenoxy) is 1. The molecule has 8 heteroatoms. The number of nitrogens with zero attached hydrogens (tertiary/aromatic N) is 3. The van der Waals surface area contributed by atoms with Gasteiger partial charge in [0.15, 0.2) is 5.69 Å². The van der Waals surface area contributed by atoms with Crippen molar-refractivity contribution in [1.82, 2.24) is 9.97 Å². The number of aromatic nitrogens is 2. The zero-order valence-electron chi connectivity index (χ0n) is 10.1. The molecule has 0 amide bonds. The fourth-order valence-corrected chi connectivity index (χ4v) is 1.49. The highest BCUT2D eigenvalue weighted by atomic mass is 35.5. The van der Waals surface area contributed by atoms with Gasteiger partial charge >= 0.3 is 6.18 Å². The summed E-state index contributed by atoms with van der Waals surface area (Å²) in [4.78, 5) is 8.49. The maximum absolute atomic E-state index is 12.6. The first-order valence-corrected chi connectivity index (χ1v) is 5.47. The minimum absolute atomic E-state index is 0.104. The molecule has 0 saturated heterocycles. The molecule has 0 aromatic carbocycles. The van der Waals surface area contributed by atoms with E-state index in [1.54, 1.807) is 18.9 Å². The van der Waals surface area contributed by atoms with Crippen molar-refractivity contribution in [2.75, 3.05) is 25.7 Å². The van der Waals surface area contributed by atoms with E-state index in [-0.39, 0.29) is 11.9 Å². The minimum atomic E-state index is -4.55. The van der Waals surface area contributed by atoms with Crippen LogP contribution in [-0.2, 0) is 10.9 Å². The molecule has 0 N–H and O–H groups in total. The number of methoxy groups -OCH3 is 1. The van der Waals surface area contributed by atoms with Gasteiger partial charge in [0.25, 0.3) is 0 Å². The van der Waals surface area contributed by atoms with Gasteiger partial charge in [-0.15, -0.1) is 0 Å². The van der Waals surface area contributed by atoms with E-state index in [2.05, 4.69) is 9.97 Å². The van der Waals surface area contributed by atoms with Gasteiger partial charge in [-0.25, -0.2) is 9.97 Å². The Kier molecular flexibility index (Phi) is 4.75. The summed E-state index contributed by atoms with van der Waals surface area (Å²) in [6, 6.07) is 0.722. The van der Waals surface area contributed by atoms with Gasteiger partial charge < -0.3 is 9.64 Å². The molecule has 1 aromatic heterocycles. The molecule has 0 radical (unpaired) electrons. The summed E-state index contributed by atoms with van der Waals surface area (Å²) in [5.41, 5.74) is -1.06. The highest BCUT2D eigenvalue weighted by molar-refractivity contribution is 6.28. The second-order valence-corrected chi connectivity index (χ2v) is 4.13. The molecule has 0 aliphatic heterocycles. The Labute approximate surface area is 108 Å². The molecular formula is C10H13ClF3N3O. The molecule has 0 bridgehead atoms. The van der Waals surface area contributed by atoms with Gasteiger partial charge in [0.05, 0.1) is 12.6 Å². The largest absolute Gasteiger partial charge is 0.433 e. The fourth-order valence-electron chi connectivity index (χ4n) is 1.31. The van der Waals surface area contributed by atoms with Crippen molar-refractivity contribution in [2.24, 2.45) is 0 Å². The average Bonchev–Trinajstić information content (AvgIpc) is 2.26. The Morgan fingerprint density at radius 2 is 2.06 bits per heavy atom. The Morgan fingerprint density at radius 1 is 1.44 bits per heavy atom. The van der Waals surface area contributed by atoms with Gasteiger partial charge in [0.2, 0.25) is 5.28 Å². The van der Waals surface area contributed by atoms with Crippen LogP contribution in [0.4, 0.5) is 19.0 Å². The van der Waals surface area contributed by atoms with Crippen molar-refractivity contribution >= 4 is 17.4 Å². The summed E-state index contributed by atoms with van der Waals surface area (Å²) in [6.45, 7) is 2.16. The van der Waals surface area contributed by atoms with E-state index >= 15 is 0 Å². The lowest BCUT2D eigenvalue weighted by Crippen LogP contribution is -2.33. The number of rotatable bonds is 4. The van der Waals surface area contributed by atoms with Gasteiger partial charge in [0, 0.05) is 20.2 Å². The van der Waals surface area contributed by atoms with Gasteiger partial charge in [-0.1, -0.05) is 0 Å². The first kappa shape index (κ1) is 15.0. The summed E-state index contributed by atoms with van der Waals surface area (Å²) in [5.74, 6) is 0.104. The van der Waals surface area contributed by atoms with Crippen LogP contribution >= 0.6 is 11.6 Å². The first-order chi connectivity index (χ1) is 8.25. The quantitative estimate of drug-likeness (QED) is 0.796. The van der Waals surface area contributed by atoms with E-state index in [4.69, 9.17) is 16.3 Å². The van der Waals surface area contributed by atoms with E-state index in [0.717, 1.165) is 6.07 Å². The van der Waals surface area contributed by atoms with E-state index in [1.165, 1.54) is 7.11 Å². The number of alkyl halides is 3. The van der Waals surface area contributed by atoms with Crippen LogP contribution in [0.2, 0.25) is 5.28 Å². The van der Waals surface area contributed by atoms with Crippen molar-refractivity contribution in [1.29, 1.82) is 0 Å². The molecule has 1 heterocycles. The Morgan fingerprint density at radius 3 is 2.56 bits per heavy atom. The topological polar surface area (TPSA) is 38.2 Å². The molecular weight excluding hydrogens is 271 g/mol. The van der Waals surface area contributed by atoms with E-state index < -0.39 is 17.2 Å². The Balaban J connectivity index is 3.06. The van der Waals surface area contributed by atoms with Gasteiger partial charge in [0.1, 0.15) is 5.82 Å². The van der Waals surface area contributed by atoms with Gasteiger partial charge in [-0.05, 0) is 18.5 Å². The maximum atomic E-state index is 12.6. The SMILES string of the molecule is COCC(C)N(C)c1cc(C(F)(F)F)nc(Cl)n1. The molecule has 1 atom stereocenters. The molecule has 1 unspecified atom stereocenters.